The van der Waals surface area contributed by atoms with Crippen molar-refractivity contribution in [2.75, 3.05) is 19.0 Å². The number of hydrazine groups is 1. The average molecular weight is 240 g/mol. The van der Waals surface area contributed by atoms with Crippen molar-refractivity contribution < 1.29 is 4.79 Å². The second kappa shape index (κ2) is 7.61. The molecule has 0 heterocycles. The molecule has 0 radical (unpaired) electrons. The molecule has 0 amide bonds. The van der Waals surface area contributed by atoms with E-state index < -0.39 is 0 Å². The number of carbonyl (C=O) groups excluding carboxylic acids is 1. The summed E-state index contributed by atoms with van der Waals surface area (Å²) in [5.41, 5.74) is 8.52. The minimum absolute atomic E-state index is 0.116. The number of hydrogen-bond acceptors (Lipinski definition) is 4. The van der Waals surface area contributed by atoms with Gasteiger partial charge in [0.05, 0.1) is 0 Å². The molecule has 0 atom stereocenters. The van der Waals surface area contributed by atoms with E-state index in [0.717, 1.165) is 17.5 Å². The lowest BCUT2D eigenvalue weighted by Crippen LogP contribution is -2.34. The number of aldehydes is 1. The van der Waals surface area contributed by atoms with Crippen molar-refractivity contribution in [3.63, 3.8) is 0 Å². The fourth-order valence-corrected chi connectivity index (χ4v) is 0.994. The Morgan fingerprint density at radius 1 is 1.44 bits per heavy atom. The molecule has 88 valence electrons. The average Bonchev–Trinajstić information content (AvgIpc) is 2.29. The normalized spacial score (nSPS) is 8.44. The first-order chi connectivity index (χ1) is 7.52. The van der Waals surface area contributed by atoms with E-state index >= 15 is 0 Å². The van der Waals surface area contributed by atoms with Crippen LogP contribution >= 0.6 is 12.2 Å². The highest BCUT2D eigenvalue weighted by Gasteiger charge is 1.99. The van der Waals surface area contributed by atoms with Gasteiger partial charge in [-0.15, -0.1) is 0 Å². The maximum Gasteiger partial charge on any atom is 0.177 e. The Morgan fingerprint density at radius 3 is 2.25 bits per heavy atom. The number of nitrogens with one attached hydrogen (secondary N) is 1. The van der Waals surface area contributed by atoms with Crippen LogP contribution in [0.3, 0.4) is 0 Å². The summed E-state index contributed by atoms with van der Waals surface area (Å²) in [6.07, 6.45) is 0.870. The number of nitrogens with zero attached hydrogens (tertiary/aromatic N) is 1. The number of thiocarbonyl (C=S) groups is 1. The van der Waals surface area contributed by atoms with E-state index in [4.69, 9.17) is 5.73 Å². The predicted molar refractivity (Wildman–Crippen MR) is 70.3 cm³/mol. The monoisotopic (exact) mass is 240 g/mol. The first-order valence-electron chi connectivity index (χ1n) is 4.50. The summed E-state index contributed by atoms with van der Waals surface area (Å²) in [6, 6.07) is 7.51. The van der Waals surface area contributed by atoms with Gasteiger partial charge in [0.25, 0.3) is 0 Å². The van der Waals surface area contributed by atoms with Crippen molar-refractivity contribution >= 4 is 29.3 Å². The minimum Gasteiger partial charge on any atom is -0.377 e. The molecule has 0 fully saturated rings. The summed E-state index contributed by atoms with van der Waals surface area (Å²) in [5, 5.41) is 0.116. The van der Waals surface area contributed by atoms with Crippen LogP contribution in [0, 0.1) is 0 Å². The fourth-order valence-electron chi connectivity index (χ4n) is 0.994. The van der Waals surface area contributed by atoms with Crippen LogP contribution in [0.5, 0.6) is 0 Å². The fraction of sp³-hybridized carbons (Fsp3) is 0.200. The van der Waals surface area contributed by atoms with Crippen molar-refractivity contribution in [1.82, 2.24) is 5.43 Å². The Kier molecular flexibility index (Phi) is 6.82. The number of carbonyl (C=O) groups is 1. The van der Waals surface area contributed by atoms with Gasteiger partial charge >= 0.3 is 0 Å². The third-order valence-corrected chi connectivity index (χ3v) is 1.81. The zero-order valence-electron chi connectivity index (χ0n) is 9.31. The lowest BCUT2D eigenvalue weighted by atomic mass is 10.2. The maximum absolute atomic E-state index is 10.5. The largest absolute Gasteiger partial charge is 0.377 e. The molecule has 5 N–H and O–H groups in total. The van der Waals surface area contributed by atoms with Gasteiger partial charge < -0.3 is 16.1 Å². The van der Waals surface area contributed by atoms with Crippen LogP contribution in [0.25, 0.3) is 0 Å². The number of nitrogens with two attached hydrogens (primary N) is 2. The second-order valence-electron chi connectivity index (χ2n) is 3.08. The molecule has 16 heavy (non-hydrogen) atoms. The zero-order chi connectivity index (χ0) is 12.6. The molecule has 5 nitrogen and oxygen atoms in total. The summed E-state index contributed by atoms with van der Waals surface area (Å²) in [5.74, 6) is 4.66. The topological polar surface area (TPSA) is 84.4 Å². The number of benzene rings is 1. The molecule has 1 aromatic rings. The molecule has 0 unspecified atom stereocenters. The smallest absolute Gasteiger partial charge is 0.177 e. The van der Waals surface area contributed by atoms with Crippen LogP contribution in [0.1, 0.15) is 10.4 Å². The maximum atomic E-state index is 10.5. The minimum atomic E-state index is 0.116. The van der Waals surface area contributed by atoms with Crippen LogP contribution in [-0.4, -0.2) is 25.5 Å². The van der Waals surface area contributed by atoms with Crippen LogP contribution in [-0.2, 0) is 0 Å². The van der Waals surface area contributed by atoms with E-state index in [1.54, 1.807) is 0 Å². The first kappa shape index (κ1) is 14.3. The second-order valence-corrected chi connectivity index (χ2v) is 3.52. The van der Waals surface area contributed by atoms with Gasteiger partial charge in [0.2, 0.25) is 0 Å². The molecular weight excluding hydrogens is 224 g/mol. The molecule has 0 aromatic heterocycles. The van der Waals surface area contributed by atoms with E-state index in [2.05, 4.69) is 18.1 Å². The highest BCUT2D eigenvalue weighted by atomic mass is 32.1. The van der Waals surface area contributed by atoms with Gasteiger partial charge in [-0.1, -0.05) is 12.1 Å². The Hall–Kier alpha value is -1.66. The molecule has 0 spiro atoms. The number of rotatable bonds is 2. The molecule has 0 aliphatic carbocycles. The van der Waals surface area contributed by atoms with Crippen molar-refractivity contribution in [1.29, 1.82) is 0 Å². The third-order valence-electron chi connectivity index (χ3n) is 1.69. The molecule has 0 saturated heterocycles. The van der Waals surface area contributed by atoms with Gasteiger partial charge in [-0.3, -0.25) is 4.79 Å². The third kappa shape index (κ3) is 5.28. The summed E-state index contributed by atoms with van der Waals surface area (Å²) >= 11 is 4.24. The molecule has 1 rings (SSSR count). The highest BCUT2D eigenvalue weighted by molar-refractivity contribution is 7.80. The first-order valence-corrected chi connectivity index (χ1v) is 4.91. The van der Waals surface area contributed by atoms with Crippen LogP contribution < -0.4 is 21.9 Å². The van der Waals surface area contributed by atoms with Crippen molar-refractivity contribution in [3.8, 4) is 0 Å². The van der Waals surface area contributed by atoms with Gasteiger partial charge in [-0.25, -0.2) is 5.84 Å². The standard InChI is InChI=1S/C9H11NO.CH5N3S/c1-10(2)9-6-4-3-5-8(9)7-11;2-1(5)4-3/h3-7H,1-2H3;3H2,(H3,2,4,5). The lowest BCUT2D eigenvalue weighted by molar-refractivity contribution is 0.112. The number of para-hydroxylation sites is 1. The molecule has 6 heteroatoms. The van der Waals surface area contributed by atoms with E-state index in [9.17, 15) is 4.79 Å². The summed E-state index contributed by atoms with van der Waals surface area (Å²) in [4.78, 5) is 12.4. The van der Waals surface area contributed by atoms with E-state index in [1.165, 1.54) is 0 Å². The SMILES string of the molecule is CN(C)c1ccccc1C=O.NNC(N)=S. The predicted octanol–water partition coefficient (Wildman–Crippen LogP) is 0.258. The lowest BCUT2D eigenvalue weighted by Gasteiger charge is -2.13. The van der Waals surface area contributed by atoms with Crippen LogP contribution in [0.15, 0.2) is 24.3 Å². The summed E-state index contributed by atoms with van der Waals surface area (Å²) < 4.78 is 0. The zero-order valence-corrected chi connectivity index (χ0v) is 10.1. The van der Waals surface area contributed by atoms with Gasteiger partial charge in [0.15, 0.2) is 11.4 Å². The quantitative estimate of drug-likeness (QED) is 0.297. The summed E-state index contributed by atoms with van der Waals surface area (Å²) in [6.45, 7) is 0. The molecule has 0 bridgehead atoms. The number of anilines is 1. The Balaban J connectivity index is 0.000000385. The molecule has 0 aliphatic heterocycles. The van der Waals surface area contributed by atoms with Crippen LogP contribution in [0.2, 0.25) is 0 Å². The Labute approximate surface area is 100 Å². The molecule has 0 aliphatic rings. The number of hydrogen-bond donors (Lipinski definition) is 3. The van der Waals surface area contributed by atoms with E-state index in [-0.39, 0.29) is 5.11 Å². The van der Waals surface area contributed by atoms with E-state index in [0.29, 0.717) is 0 Å². The summed E-state index contributed by atoms with van der Waals surface area (Å²) in [7, 11) is 3.84. The Morgan fingerprint density at radius 2 is 1.94 bits per heavy atom. The van der Waals surface area contributed by atoms with Gasteiger partial charge in [0.1, 0.15) is 0 Å². The van der Waals surface area contributed by atoms with E-state index in [1.807, 2.05) is 48.7 Å². The van der Waals surface area contributed by atoms with Gasteiger partial charge in [-0.2, -0.15) is 0 Å². The highest BCUT2D eigenvalue weighted by Crippen LogP contribution is 2.14. The van der Waals surface area contributed by atoms with Gasteiger partial charge in [-0.05, 0) is 24.4 Å². The van der Waals surface area contributed by atoms with Crippen molar-refractivity contribution in [3.05, 3.63) is 29.8 Å². The van der Waals surface area contributed by atoms with Crippen molar-refractivity contribution in [2.24, 2.45) is 11.6 Å². The molecular formula is C10H16N4OS. The molecule has 1 aromatic carbocycles. The molecule has 0 saturated carbocycles. The van der Waals surface area contributed by atoms with Crippen LogP contribution in [0.4, 0.5) is 5.69 Å². The van der Waals surface area contributed by atoms with Gasteiger partial charge in [0, 0.05) is 25.3 Å². The van der Waals surface area contributed by atoms with Crippen molar-refractivity contribution in [2.45, 2.75) is 0 Å². The Bertz CT molecular complexity index is 354.